The highest BCUT2D eigenvalue weighted by atomic mass is 16.5. The second-order valence-corrected chi connectivity index (χ2v) is 6.87. The topological polar surface area (TPSA) is 18.5 Å². The van der Waals surface area contributed by atoms with E-state index in [-0.39, 0.29) is 16.9 Å². The summed E-state index contributed by atoms with van der Waals surface area (Å²) in [5, 5.41) is 0. The zero-order valence-electron chi connectivity index (χ0n) is 13.1. The quantitative estimate of drug-likeness (QED) is 0.699. The van der Waals surface area contributed by atoms with Gasteiger partial charge in [0.2, 0.25) is 0 Å². The maximum atomic E-state index is 6.01. The van der Waals surface area contributed by atoms with Crippen LogP contribution in [0.15, 0.2) is 0 Å². The summed E-state index contributed by atoms with van der Waals surface area (Å²) in [5.74, 6) is 0.419. The normalized spacial score (nSPS) is 16.9. The van der Waals surface area contributed by atoms with Crippen molar-refractivity contribution in [3.05, 3.63) is 0 Å². The first-order valence-corrected chi connectivity index (χ1v) is 6.83. The fraction of sp³-hybridized carbons (Fsp3) is 1.00. The Morgan fingerprint density at radius 3 is 1.65 bits per heavy atom. The van der Waals surface area contributed by atoms with Crippen LogP contribution in [0, 0.1) is 16.7 Å². The molecular formula is C15H32O2. The predicted molar refractivity (Wildman–Crippen MR) is 74.3 cm³/mol. The van der Waals surface area contributed by atoms with Gasteiger partial charge < -0.3 is 9.47 Å². The fourth-order valence-corrected chi connectivity index (χ4v) is 2.19. The molecule has 104 valence electrons. The maximum Gasteiger partial charge on any atom is 0.0678 e. The van der Waals surface area contributed by atoms with Crippen LogP contribution in [0.5, 0.6) is 0 Å². The highest BCUT2D eigenvalue weighted by Gasteiger charge is 2.39. The minimum absolute atomic E-state index is 0.144. The van der Waals surface area contributed by atoms with E-state index < -0.39 is 0 Å². The number of hydrogen-bond donors (Lipinski definition) is 0. The molecule has 0 heterocycles. The van der Waals surface area contributed by atoms with Crippen molar-refractivity contribution in [1.82, 2.24) is 0 Å². The van der Waals surface area contributed by atoms with E-state index in [1.165, 1.54) is 0 Å². The van der Waals surface area contributed by atoms with Crippen LogP contribution in [0.3, 0.4) is 0 Å². The van der Waals surface area contributed by atoms with Crippen LogP contribution >= 0.6 is 0 Å². The molecule has 0 radical (unpaired) electrons. The summed E-state index contributed by atoms with van der Waals surface area (Å²) in [6.07, 6.45) is 0.235. The lowest BCUT2D eigenvalue weighted by atomic mass is 9.70. The van der Waals surface area contributed by atoms with Crippen LogP contribution in [0.1, 0.15) is 55.4 Å². The van der Waals surface area contributed by atoms with Gasteiger partial charge in [-0.1, -0.05) is 41.5 Å². The van der Waals surface area contributed by atoms with Crippen LogP contribution in [0.25, 0.3) is 0 Å². The minimum Gasteiger partial charge on any atom is -0.381 e. The molecule has 0 aliphatic heterocycles. The Labute approximate surface area is 108 Å². The summed E-state index contributed by atoms with van der Waals surface area (Å²) < 4.78 is 11.7. The van der Waals surface area contributed by atoms with Crippen LogP contribution in [0.4, 0.5) is 0 Å². The third-order valence-corrected chi connectivity index (χ3v) is 3.18. The first kappa shape index (κ1) is 16.9. The van der Waals surface area contributed by atoms with Crippen molar-refractivity contribution in [1.29, 1.82) is 0 Å². The molecule has 0 saturated carbocycles. The highest BCUT2D eigenvalue weighted by Crippen LogP contribution is 2.38. The third kappa shape index (κ3) is 5.87. The molecule has 0 aromatic heterocycles. The van der Waals surface area contributed by atoms with Gasteiger partial charge in [-0.15, -0.1) is 0 Å². The average molecular weight is 244 g/mol. The predicted octanol–water partition coefficient (Wildman–Crippen LogP) is 4.14. The lowest BCUT2D eigenvalue weighted by molar-refractivity contribution is -0.104. The second-order valence-electron chi connectivity index (χ2n) is 6.87. The van der Waals surface area contributed by atoms with Crippen LogP contribution in [-0.2, 0) is 9.47 Å². The number of hydrogen-bond acceptors (Lipinski definition) is 2. The van der Waals surface area contributed by atoms with E-state index in [1.807, 2.05) is 6.92 Å². The van der Waals surface area contributed by atoms with E-state index in [1.54, 1.807) is 0 Å². The molecule has 0 spiro atoms. The summed E-state index contributed by atoms with van der Waals surface area (Å²) >= 11 is 0. The van der Waals surface area contributed by atoms with Crippen molar-refractivity contribution in [2.75, 3.05) is 19.8 Å². The van der Waals surface area contributed by atoms with Crippen molar-refractivity contribution in [3.63, 3.8) is 0 Å². The van der Waals surface area contributed by atoms with E-state index in [0.717, 1.165) is 19.8 Å². The smallest absolute Gasteiger partial charge is 0.0678 e. The first-order chi connectivity index (χ1) is 7.64. The van der Waals surface area contributed by atoms with Gasteiger partial charge in [-0.2, -0.15) is 0 Å². The van der Waals surface area contributed by atoms with Crippen molar-refractivity contribution in [3.8, 4) is 0 Å². The van der Waals surface area contributed by atoms with E-state index in [9.17, 15) is 0 Å². The Hall–Kier alpha value is -0.0800. The van der Waals surface area contributed by atoms with Gasteiger partial charge in [-0.05, 0) is 24.7 Å². The van der Waals surface area contributed by atoms with Gasteiger partial charge in [0.05, 0.1) is 12.7 Å². The van der Waals surface area contributed by atoms with Gasteiger partial charge in [0.25, 0.3) is 0 Å². The Balaban J connectivity index is 4.94. The molecule has 0 aromatic rings. The lowest BCUT2D eigenvalue weighted by Crippen LogP contribution is -2.45. The average Bonchev–Trinajstić information content (AvgIpc) is 2.13. The van der Waals surface area contributed by atoms with Crippen LogP contribution in [-0.4, -0.2) is 25.9 Å². The maximum absolute atomic E-state index is 6.01. The van der Waals surface area contributed by atoms with E-state index in [0.29, 0.717) is 5.92 Å². The largest absolute Gasteiger partial charge is 0.381 e. The standard InChI is InChI=1S/C15H32O2/c1-9-16-11-12(14(3,4)5)13(17-10-2)15(6,7)8/h12-13H,9-11H2,1-8H3. The molecule has 0 rings (SSSR count). The summed E-state index contributed by atoms with van der Waals surface area (Å²) in [6, 6.07) is 0. The molecule has 0 amide bonds. The van der Waals surface area contributed by atoms with Gasteiger partial charge in [0.15, 0.2) is 0 Å². The first-order valence-electron chi connectivity index (χ1n) is 6.83. The van der Waals surface area contributed by atoms with Gasteiger partial charge in [-0.3, -0.25) is 0 Å². The Kier molecular flexibility index (Phi) is 6.71. The van der Waals surface area contributed by atoms with Gasteiger partial charge in [0.1, 0.15) is 0 Å². The van der Waals surface area contributed by atoms with Crippen LogP contribution < -0.4 is 0 Å². The molecule has 17 heavy (non-hydrogen) atoms. The number of rotatable bonds is 6. The molecule has 0 aromatic carbocycles. The van der Waals surface area contributed by atoms with Gasteiger partial charge in [-0.25, -0.2) is 0 Å². The van der Waals surface area contributed by atoms with Crippen LogP contribution in [0.2, 0.25) is 0 Å². The summed E-state index contributed by atoms with van der Waals surface area (Å²) in [5.41, 5.74) is 0.341. The van der Waals surface area contributed by atoms with E-state index in [2.05, 4.69) is 48.5 Å². The highest BCUT2D eigenvalue weighted by molar-refractivity contribution is 4.88. The monoisotopic (exact) mass is 244 g/mol. The zero-order chi connectivity index (χ0) is 13.7. The van der Waals surface area contributed by atoms with Crippen molar-refractivity contribution >= 4 is 0 Å². The molecule has 2 atom stereocenters. The Bertz CT molecular complexity index is 198. The molecule has 2 unspecified atom stereocenters. The molecular weight excluding hydrogens is 212 g/mol. The van der Waals surface area contributed by atoms with Crippen molar-refractivity contribution < 1.29 is 9.47 Å². The van der Waals surface area contributed by atoms with E-state index in [4.69, 9.17) is 9.47 Å². The summed E-state index contributed by atoms with van der Waals surface area (Å²) in [7, 11) is 0. The van der Waals surface area contributed by atoms with E-state index >= 15 is 0 Å². The summed E-state index contributed by atoms with van der Waals surface area (Å²) in [4.78, 5) is 0. The van der Waals surface area contributed by atoms with Crippen molar-refractivity contribution in [2.24, 2.45) is 16.7 Å². The molecule has 0 fully saturated rings. The van der Waals surface area contributed by atoms with Crippen molar-refractivity contribution in [2.45, 2.75) is 61.5 Å². The minimum atomic E-state index is 0.144. The third-order valence-electron chi connectivity index (χ3n) is 3.18. The molecule has 0 aliphatic rings. The summed E-state index contributed by atoms with van der Waals surface area (Å²) in [6.45, 7) is 20.0. The molecule has 0 saturated heterocycles. The van der Waals surface area contributed by atoms with Gasteiger partial charge >= 0.3 is 0 Å². The molecule has 2 nitrogen and oxygen atoms in total. The molecule has 2 heteroatoms. The molecule has 0 bridgehead atoms. The Morgan fingerprint density at radius 1 is 0.824 bits per heavy atom. The zero-order valence-corrected chi connectivity index (χ0v) is 13.1. The fourth-order valence-electron chi connectivity index (χ4n) is 2.19. The second kappa shape index (κ2) is 6.75. The molecule has 0 N–H and O–H groups in total. The number of ether oxygens (including phenoxy) is 2. The lowest BCUT2D eigenvalue weighted by Gasteiger charge is -2.43. The molecule has 0 aliphatic carbocycles. The Morgan fingerprint density at radius 2 is 1.35 bits per heavy atom. The SMILES string of the molecule is CCOCC(C(OCC)C(C)(C)C)C(C)(C)C. The van der Waals surface area contributed by atoms with Gasteiger partial charge in [0, 0.05) is 19.1 Å².